The lowest BCUT2D eigenvalue weighted by atomic mass is 9.72. The summed E-state index contributed by atoms with van der Waals surface area (Å²) in [7, 11) is 0. The van der Waals surface area contributed by atoms with Gasteiger partial charge in [-0.2, -0.15) is 0 Å². The molecule has 3 heterocycles. The van der Waals surface area contributed by atoms with Crippen LogP contribution in [0.15, 0.2) is 288 Å². The largest absolute Gasteiger partial charge is 0.455 e. The smallest absolute Gasteiger partial charge is 0.145 e. The molecule has 0 amide bonds. The average molecular weight is 1210 g/mol. The predicted octanol–water partition coefficient (Wildman–Crippen LogP) is 24.7. The molecule has 5 heteroatoms. The highest BCUT2D eigenvalue weighted by Crippen LogP contribution is 2.68. The number of para-hydroxylation sites is 2. The molecule has 0 atom stereocenters. The Labute approximate surface area is 547 Å². The van der Waals surface area contributed by atoms with Crippen LogP contribution in [0.2, 0.25) is 0 Å². The van der Waals surface area contributed by atoms with E-state index in [1.807, 2.05) is 0 Å². The van der Waals surface area contributed by atoms with Gasteiger partial charge in [-0.3, -0.25) is 4.98 Å². The number of pyridine rings is 1. The molecule has 0 saturated heterocycles. The third kappa shape index (κ3) is 8.43. The van der Waals surface area contributed by atoms with Gasteiger partial charge in [0.2, 0.25) is 0 Å². The second-order valence-electron chi connectivity index (χ2n) is 27.9. The van der Waals surface area contributed by atoms with E-state index >= 15 is 0 Å². The molecule has 5 nitrogen and oxygen atoms in total. The van der Waals surface area contributed by atoms with Crippen molar-refractivity contribution in [3.05, 3.63) is 318 Å². The third-order valence-corrected chi connectivity index (χ3v) is 20.2. The zero-order chi connectivity index (χ0) is 63.4. The van der Waals surface area contributed by atoms with Crippen LogP contribution in [-0.2, 0) is 16.2 Å². The number of nitrogens with zero attached hydrogens (tertiary/aromatic N) is 3. The summed E-state index contributed by atoms with van der Waals surface area (Å²) in [5.74, 6) is 0. The molecule has 16 aromatic rings. The minimum atomic E-state index is -0.989. The Morgan fingerprint density at radius 3 is 1.20 bits per heavy atom. The number of aryl methyl sites for hydroxylation is 1. The fourth-order valence-corrected chi connectivity index (χ4v) is 15.6. The van der Waals surface area contributed by atoms with Crippen molar-refractivity contribution in [2.45, 2.75) is 64.7 Å². The molecule has 13 aromatic carbocycles. The summed E-state index contributed by atoms with van der Waals surface area (Å²) in [5, 5.41) is 8.96. The highest BCUT2D eigenvalue weighted by atomic mass is 16.3. The molecule has 0 bridgehead atoms. The molecule has 0 unspecified atom stereocenters. The molecule has 0 N–H and O–H groups in total. The van der Waals surface area contributed by atoms with Crippen molar-refractivity contribution in [2.24, 2.45) is 0 Å². The average Bonchev–Trinajstić information content (AvgIpc) is 1.49. The second kappa shape index (κ2) is 20.6. The van der Waals surface area contributed by atoms with Crippen LogP contribution in [0, 0.1) is 6.92 Å². The van der Waals surface area contributed by atoms with Gasteiger partial charge in [0.05, 0.1) is 33.3 Å². The van der Waals surface area contributed by atoms with E-state index in [2.05, 4.69) is 337 Å². The molecule has 94 heavy (non-hydrogen) atoms. The lowest BCUT2D eigenvalue weighted by Gasteiger charge is -2.33. The lowest BCUT2D eigenvalue weighted by molar-refractivity contribution is 0.590. The summed E-state index contributed by atoms with van der Waals surface area (Å²) in [6, 6.07) is 101. The molecule has 0 saturated carbocycles. The van der Waals surface area contributed by atoms with E-state index in [1.165, 1.54) is 43.8 Å². The topological polar surface area (TPSA) is 45.7 Å². The molecule has 0 radical (unpaired) electrons. The molecular formula is C89H67N3O2. The number of rotatable bonds is 8. The molecule has 0 fully saturated rings. The van der Waals surface area contributed by atoms with Crippen molar-refractivity contribution < 1.29 is 8.83 Å². The molecule has 0 aliphatic heterocycles. The fourth-order valence-electron chi connectivity index (χ4n) is 15.6. The third-order valence-electron chi connectivity index (χ3n) is 20.2. The SMILES string of the molecule is Cc1cnc2c(c1)-c1ccccc1C21c2cc(N(c3ccc(-c4ccc5ccccc5c4)cc3)c3ccc(C(C)(C)C)cc3)c3c(oc4ccccc43)c2-c2c1cc(N(c1ccc(-c3ccc4ccccc4c3)cc1)c1ccc(C(C)(C)C)cc1)c1c2oc2ccccc21. The maximum Gasteiger partial charge on any atom is 0.145 e. The first-order valence-corrected chi connectivity index (χ1v) is 32.8. The number of hydrogen-bond donors (Lipinski definition) is 0. The molecule has 3 aromatic heterocycles. The Hall–Kier alpha value is -11.3. The van der Waals surface area contributed by atoms with Crippen LogP contribution < -0.4 is 9.80 Å². The highest BCUT2D eigenvalue weighted by molar-refractivity contribution is 6.25. The first-order valence-electron chi connectivity index (χ1n) is 32.8. The summed E-state index contributed by atoms with van der Waals surface area (Å²) in [6.07, 6.45) is 2.06. The summed E-state index contributed by atoms with van der Waals surface area (Å²) in [6.45, 7) is 15.9. The van der Waals surface area contributed by atoms with Crippen molar-refractivity contribution in [1.29, 1.82) is 0 Å². The zero-order valence-corrected chi connectivity index (χ0v) is 53.7. The predicted molar refractivity (Wildman–Crippen MR) is 392 cm³/mol. The van der Waals surface area contributed by atoms with E-state index in [9.17, 15) is 0 Å². The van der Waals surface area contributed by atoms with E-state index < -0.39 is 5.41 Å². The summed E-state index contributed by atoms with van der Waals surface area (Å²) in [4.78, 5) is 10.7. The van der Waals surface area contributed by atoms with E-state index in [4.69, 9.17) is 13.8 Å². The van der Waals surface area contributed by atoms with Crippen molar-refractivity contribution in [2.75, 3.05) is 9.80 Å². The molecule has 1 spiro atoms. The van der Waals surface area contributed by atoms with Gasteiger partial charge in [-0.1, -0.05) is 224 Å². The lowest BCUT2D eigenvalue weighted by Crippen LogP contribution is -2.28. The number of benzene rings is 13. The van der Waals surface area contributed by atoms with Gasteiger partial charge in [0, 0.05) is 56.4 Å². The van der Waals surface area contributed by atoms with Gasteiger partial charge < -0.3 is 18.6 Å². The normalized spacial score (nSPS) is 13.1. The summed E-state index contributed by atoms with van der Waals surface area (Å²) >= 11 is 0. The van der Waals surface area contributed by atoms with Crippen molar-refractivity contribution >= 4 is 99.5 Å². The Balaban J connectivity index is 0.951. The molecule has 2 aliphatic rings. The van der Waals surface area contributed by atoms with Crippen molar-refractivity contribution in [3.8, 4) is 44.5 Å². The van der Waals surface area contributed by atoms with Crippen LogP contribution in [0.4, 0.5) is 34.1 Å². The maximum atomic E-state index is 7.64. The van der Waals surface area contributed by atoms with Crippen LogP contribution in [0.5, 0.6) is 0 Å². The van der Waals surface area contributed by atoms with Gasteiger partial charge in [0.25, 0.3) is 0 Å². The Morgan fingerprint density at radius 1 is 0.351 bits per heavy atom. The maximum absolute atomic E-state index is 7.64. The standard InChI is InChI=1S/C89H67N3O2/c1-54-48-72-69-22-12-15-25-73(69)89(86(72)90-53-54)74-51-76(91(67-44-36-63(37-45-67)87(2,3)4)65-40-32-57(33-41-65)61-30-28-55-18-8-10-20-59(55)49-61)80-70-23-13-16-26-78(70)93-84(80)82(74)83-75(89)52-77(81-71-24-14-17-27-79(71)94-85(81)83)92(68-46-38-64(39-47-68)88(5,6)7)66-42-34-58(35-43-66)62-31-29-56-19-9-11-21-60(56)50-62/h8-53H,1-7H3. The number of fused-ring (bicyclic) bond motifs is 20. The van der Waals surface area contributed by atoms with Gasteiger partial charge in [0.1, 0.15) is 22.3 Å². The van der Waals surface area contributed by atoms with Crippen LogP contribution in [0.25, 0.3) is 110 Å². The minimum Gasteiger partial charge on any atom is -0.455 e. The second-order valence-corrected chi connectivity index (χ2v) is 27.9. The van der Waals surface area contributed by atoms with Crippen molar-refractivity contribution in [1.82, 2.24) is 4.98 Å². The van der Waals surface area contributed by atoms with Gasteiger partial charge in [-0.25, -0.2) is 0 Å². The minimum absolute atomic E-state index is 0.0626. The van der Waals surface area contributed by atoms with Crippen molar-refractivity contribution in [3.63, 3.8) is 0 Å². The van der Waals surface area contributed by atoms with E-state index in [0.717, 1.165) is 139 Å². The summed E-state index contributed by atoms with van der Waals surface area (Å²) in [5.41, 5.74) is 25.0. The zero-order valence-electron chi connectivity index (χ0n) is 53.7. The molecule has 18 rings (SSSR count). The summed E-state index contributed by atoms with van der Waals surface area (Å²) < 4.78 is 15.3. The number of hydrogen-bond acceptors (Lipinski definition) is 5. The van der Waals surface area contributed by atoms with Gasteiger partial charge >= 0.3 is 0 Å². The van der Waals surface area contributed by atoms with E-state index in [-0.39, 0.29) is 10.8 Å². The van der Waals surface area contributed by atoms with Gasteiger partial charge in [0.15, 0.2) is 0 Å². The first-order chi connectivity index (χ1) is 45.8. The molecular weight excluding hydrogens is 1140 g/mol. The quantitative estimate of drug-likeness (QED) is 0.152. The van der Waals surface area contributed by atoms with Gasteiger partial charge in [-0.05, 0) is 191 Å². The molecule has 2 aliphatic carbocycles. The Bertz CT molecular complexity index is 5450. The van der Waals surface area contributed by atoms with Crippen LogP contribution in [0.3, 0.4) is 0 Å². The van der Waals surface area contributed by atoms with Crippen LogP contribution >= 0.6 is 0 Å². The monoisotopic (exact) mass is 1210 g/mol. The van der Waals surface area contributed by atoms with E-state index in [0.29, 0.717) is 0 Å². The first kappa shape index (κ1) is 55.6. The van der Waals surface area contributed by atoms with E-state index in [1.54, 1.807) is 0 Å². The van der Waals surface area contributed by atoms with Gasteiger partial charge in [-0.15, -0.1) is 0 Å². The Morgan fingerprint density at radius 2 is 0.745 bits per heavy atom. The highest BCUT2D eigenvalue weighted by Gasteiger charge is 2.56. The van der Waals surface area contributed by atoms with Crippen LogP contribution in [0.1, 0.15) is 80.6 Å². The number of aromatic nitrogens is 1. The fraction of sp³-hybridized carbons (Fsp3) is 0.112. The number of furan rings is 2. The molecule has 450 valence electrons. The number of anilines is 6. The van der Waals surface area contributed by atoms with Crippen LogP contribution in [-0.4, -0.2) is 4.98 Å². The Kier molecular flexibility index (Phi) is 12.2.